The number of piperazine rings is 1. The van der Waals surface area contributed by atoms with Gasteiger partial charge in [0.1, 0.15) is 10.6 Å². The summed E-state index contributed by atoms with van der Waals surface area (Å²) in [6, 6.07) is 5.05. The fourth-order valence-electron chi connectivity index (χ4n) is 3.24. The molecule has 0 spiro atoms. The Morgan fingerprint density at radius 3 is 2.67 bits per heavy atom. The summed E-state index contributed by atoms with van der Waals surface area (Å²) in [6.45, 7) is 3.11. The SMILES string of the molecule is Cn1nc(C(F)(F)F)c2cc(C(=O)N3CCN(Cc4ccco4)CC3)sc21. The maximum absolute atomic E-state index is 13.1. The number of aromatic nitrogens is 2. The van der Waals surface area contributed by atoms with Gasteiger partial charge in [-0.25, -0.2) is 0 Å². The highest BCUT2D eigenvalue weighted by Crippen LogP contribution is 2.37. The van der Waals surface area contributed by atoms with Gasteiger partial charge in [-0.3, -0.25) is 14.4 Å². The van der Waals surface area contributed by atoms with Crippen LogP contribution in [0.4, 0.5) is 13.2 Å². The first-order valence-electron chi connectivity index (χ1n) is 8.40. The lowest BCUT2D eigenvalue weighted by molar-refractivity contribution is -0.140. The van der Waals surface area contributed by atoms with Crippen molar-refractivity contribution >= 4 is 27.5 Å². The van der Waals surface area contributed by atoms with Crippen LogP contribution < -0.4 is 0 Å². The number of hydrogen-bond acceptors (Lipinski definition) is 5. The fraction of sp³-hybridized carbons (Fsp3) is 0.412. The Balaban J connectivity index is 1.47. The first-order chi connectivity index (χ1) is 12.8. The number of fused-ring (bicyclic) bond motifs is 1. The summed E-state index contributed by atoms with van der Waals surface area (Å²) in [4.78, 5) is 17.3. The van der Waals surface area contributed by atoms with Crippen LogP contribution in [0.5, 0.6) is 0 Å². The molecule has 0 aliphatic carbocycles. The van der Waals surface area contributed by atoms with E-state index in [1.807, 2.05) is 12.1 Å². The third-order valence-electron chi connectivity index (χ3n) is 4.61. The highest BCUT2D eigenvalue weighted by atomic mass is 32.1. The van der Waals surface area contributed by atoms with Crippen LogP contribution in [-0.4, -0.2) is 51.7 Å². The Morgan fingerprint density at radius 2 is 2.04 bits per heavy atom. The molecule has 0 radical (unpaired) electrons. The summed E-state index contributed by atoms with van der Waals surface area (Å²) in [7, 11) is 1.45. The number of furan rings is 1. The van der Waals surface area contributed by atoms with E-state index in [4.69, 9.17) is 4.42 Å². The summed E-state index contributed by atoms with van der Waals surface area (Å²) < 4.78 is 45.9. The second-order valence-corrected chi connectivity index (χ2v) is 7.48. The Hall–Kier alpha value is -2.33. The van der Waals surface area contributed by atoms with E-state index in [-0.39, 0.29) is 11.3 Å². The third kappa shape index (κ3) is 3.46. The van der Waals surface area contributed by atoms with Crippen molar-refractivity contribution in [2.75, 3.05) is 26.2 Å². The molecule has 0 saturated carbocycles. The monoisotopic (exact) mass is 398 g/mol. The molecule has 10 heteroatoms. The molecule has 0 bridgehead atoms. The molecular formula is C17H17F3N4O2S. The molecule has 1 amide bonds. The lowest BCUT2D eigenvalue weighted by Crippen LogP contribution is -2.48. The summed E-state index contributed by atoms with van der Waals surface area (Å²) in [5.74, 6) is 0.633. The maximum Gasteiger partial charge on any atom is 0.435 e. The number of alkyl halides is 3. The Labute approximate surface area is 156 Å². The van der Waals surface area contributed by atoms with Crippen LogP contribution in [0.1, 0.15) is 21.1 Å². The second kappa shape index (κ2) is 6.68. The zero-order valence-corrected chi connectivity index (χ0v) is 15.3. The molecule has 1 aliphatic heterocycles. The van der Waals surface area contributed by atoms with Gasteiger partial charge >= 0.3 is 6.18 Å². The molecule has 0 aromatic carbocycles. The summed E-state index contributed by atoms with van der Waals surface area (Å²) >= 11 is 1.05. The zero-order valence-electron chi connectivity index (χ0n) is 14.5. The molecule has 1 aliphatic rings. The third-order valence-corrected chi connectivity index (χ3v) is 5.80. The van der Waals surface area contributed by atoms with Crippen LogP contribution in [-0.2, 0) is 19.8 Å². The van der Waals surface area contributed by atoms with Gasteiger partial charge in [-0.2, -0.15) is 18.3 Å². The minimum Gasteiger partial charge on any atom is -0.468 e. The molecule has 144 valence electrons. The van der Waals surface area contributed by atoms with E-state index in [0.29, 0.717) is 42.4 Å². The fourth-order valence-corrected chi connectivity index (χ4v) is 4.28. The number of carbonyl (C=O) groups excluding carboxylic acids is 1. The highest BCUT2D eigenvalue weighted by molar-refractivity contribution is 7.20. The highest BCUT2D eigenvalue weighted by Gasteiger charge is 2.38. The standard InChI is InChI=1S/C17H17F3N4O2S/c1-22-16-12(14(21-22)17(18,19)20)9-13(27-16)15(25)24-6-4-23(5-7-24)10-11-3-2-8-26-11/h2-3,8-9H,4-7,10H2,1H3. The predicted octanol–water partition coefficient (Wildman–Crippen LogP) is 3.20. The molecule has 6 nitrogen and oxygen atoms in total. The lowest BCUT2D eigenvalue weighted by Gasteiger charge is -2.34. The van der Waals surface area contributed by atoms with Crippen molar-refractivity contribution in [1.82, 2.24) is 19.6 Å². The number of halogens is 3. The molecule has 3 aromatic heterocycles. The molecule has 1 fully saturated rings. The number of rotatable bonds is 3. The molecule has 4 rings (SSSR count). The average Bonchev–Trinajstić information content (AvgIpc) is 3.33. The van der Waals surface area contributed by atoms with Crippen molar-refractivity contribution in [3.05, 3.63) is 40.8 Å². The van der Waals surface area contributed by atoms with Crippen LogP contribution in [0.3, 0.4) is 0 Å². The molecule has 0 unspecified atom stereocenters. The van der Waals surface area contributed by atoms with Gasteiger partial charge in [-0.05, 0) is 18.2 Å². The number of thiophene rings is 1. The van der Waals surface area contributed by atoms with E-state index in [0.717, 1.165) is 17.1 Å². The van der Waals surface area contributed by atoms with Crippen molar-refractivity contribution in [2.24, 2.45) is 7.05 Å². The van der Waals surface area contributed by atoms with Crippen LogP contribution >= 0.6 is 11.3 Å². The lowest BCUT2D eigenvalue weighted by atomic mass is 10.2. The average molecular weight is 398 g/mol. The van der Waals surface area contributed by atoms with Crippen LogP contribution in [0.15, 0.2) is 28.9 Å². The summed E-state index contributed by atoms with van der Waals surface area (Å²) in [5.41, 5.74) is -0.946. The number of aryl methyl sites for hydroxylation is 1. The molecule has 4 heterocycles. The molecule has 0 N–H and O–H groups in total. The normalized spacial score (nSPS) is 16.4. The van der Waals surface area contributed by atoms with Gasteiger partial charge in [0.2, 0.25) is 0 Å². The van der Waals surface area contributed by atoms with Gasteiger partial charge in [0.05, 0.1) is 17.7 Å². The van der Waals surface area contributed by atoms with Crippen LogP contribution in [0.2, 0.25) is 0 Å². The van der Waals surface area contributed by atoms with Gasteiger partial charge in [0.15, 0.2) is 5.69 Å². The minimum atomic E-state index is -4.54. The molecule has 3 aromatic rings. The smallest absolute Gasteiger partial charge is 0.435 e. The van der Waals surface area contributed by atoms with Crippen molar-refractivity contribution in [1.29, 1.82) is 0 Å². The number of hydrogen-bond donors (Lipinski definition) is 0. The van der Waals surface area contributed by atoms with E-state index < -0.39 is 11.9 Å². The van der Waals surface area contributed by atoms with Gasteiger partial charge in [-0.1, -0.05) is 0 Å². The van der Waals surface area contributed by atoms with Crippen molar-refractivity contribution < 1.29 is 22.4 Å². The van der Waals surface area contributed by atoms with Gasteiger partial charge < -0.3 is 9.32 Å². The first kappa shape index (κ1) is 18.1. The minimum absolute atomic E-state index is 0.0187. The quantitative estimate of drug-likeness (QED) is 0.680. The number of nitrogens with zero attached hydrogens (tertiary/aromatic N) is 4. The van der Waals surface area contributed by atoms with E-state index in [2.05, 4.69) is 10.00 Å². The molecule has 0 atom stereocenters. The molecular weight excluding hydrogens is 381 g/mol. The van der Waals surface area contributed by atoms with Gasteiger partial charge in [-0.15, -0.1) is 11.3 Å². The van der Waals surface area contributed by atoms with E-state index in [9.17, 15) is 18.0 Å². The van der Waals surface area contributed by atoms with E-state index in [1.165, 1.54) is 17.8 Å². The Morgan fingerprint density at radius 1 is 1.30 bits per heavy atom. The zero-order chi connectivity index (χ0) is 19.2. The Bertz CT molecular complexity index is 953. The second-order valence-electron chi connectivity index (χ2n) is 6.45. The van der Waals surface area contributed by atoms with Crippen molar-refractivity contribution in [3.8, 4) is 0 Å². The molecule has 27 heavy (non-hydrogen) atoms. The van der Waals surface area contributed by atoms with E-state index >= 15 is 0 Å². The largest absolute Gasteiger partial charge is 0.468 e. The van der Waals surface area contributed by atoms with Crippen LogP contribution in [0, 0.1) is 0 Å². The number of amides is 1. The van der Waals surface area contributed by atoms with E-state index in [1.54, 1.807) is 11.2 Å². The van der Waals surface area contributed by atoms with Gasteiger partial charge in [0, 0.05) is 38.6 Å². The first-order valence-corrected chi connectivity index (χ1v) is 9.22. The predicted molar refractivity (Wildman–Crippen MR) is 93.5 cm³/mol. The van der Waals surface area contributed by atoms with Gasteiger partial charge in [0.25, 0.3) is 5.91 Å². The van der Waals surface area contributed by atoms with Crippen LogP contribution in [0.25, 0.3) is 10.2 Å². The Kier molecular flexibility index (Phi) is 4.47. The van der Waals surface area contributed by atoms with Crippen molar-refractivity contribution in [3.63, 3.8) is 0 Å². The number of carbonyl (C=O) groups is 1. The maximum atomic E-state index is 13.1. The molecule has 1 saturated heterocycles. The summed E-state index contributed by atoms with van der Waals surface area (Å²) in [6.07, 6.45) is -2.92. The summed E-state index contributed by atoms with van der Waals surface area (Å²) in [5, 5.41) is 3.52. The van der Waals surface area contributed by atoms with Crippen molar-refractivity contribution in [2.45, 2.75) is 12.7 Å². The topological polar surface area (TPSA) is 54.5 Å².